The number of anilines is 1. The number of hydrogen-bond donors (Lipinski definition) is 4. The molecule has 0 unspecified atom stereocenters. The van der Waals surface area contributed by atoms with Crippen molar-refractivity contribution < 1.29 is 18.7 Å². The minimum atomic E-state index is -0.865. The molecule has 31 heavy (non-hydrogen) atoms. The molecule has 1 fully saturated rings. The molecular formula is C21H27FN6O3. The molecule has 0 bridgehead atoms. The zero-order valence-corrected chi connectivity index (χ0v) is 17.7. The Hall–Kier alpha value is -3.48. The van der Waals surface area contributed by atoms with Crippen molar-refractivity contribution in [2.45, 2.75) is 51.7 Å². The van der Waals surface area contributed by atoms with Gasteiger partial charge in [-0.25, -0.2) is 4.98 Å². The predicted molar refractivity (Wildman–Crippen MR) is 112 cm³/mol. The van der Waals surface area contributed by atoms with Crippen LogP contribution in [0.5, 0.6) is 0 Å². The fraction of sp³-hybridized carbons (Fsp3) is 0.476. The minimum absolute atomic E-state index is 0.164. The highest BCUT2D eigenvalue weighted by molar-refractivity contribution is 6.23. The molecule has 1 aliphatic carbocycles. The lowest BCUT2D eigenvalue weighted by Crippen LogP contribution is -2.41. The second-order valence-electron chi connectivity index (χ2n) is 8.34. The monoisotopic (exact) mass is 430 g/mol. The van der Waals surface area contributed by atoms with Gasteiger partial charge in [0.2, 0.25) is 5.95 Å². The molecule has 9 nitrogen and oxygen atoms in total. The smallest absolute Gasteiger partial charge is 0.309 e. The molecule has 0 aromatic carbocycles. The summed E-state index contributed by atoms with van der Waals surface area (Å²) in [4.78, 5) is 27.6. The molecule has 0 saturated heterocycles. The van der Waals surface area contributed by atoms with Crippen LogP contribution in [0.3, 0.4) is 0 Å². The van der Waals surface area contributed by atoms with Crippen LogP contribution in [0.2, 0.25) is 0 Å². The first kappa shape index (κ1) is 23.8. The lowest BCUT2D eigenvalue weighted by Gasteiger charge is -2.33. The molecule has 0 spiro atoms. The Bertz CT molecular complexity index is 918. The van der Waals surface area contributed by atoms with Crippen LogP contribution in [0, 0.1) is 34.5 Å². The molecule has 166 valence electrons. The van der Waals surface area contributed by atoms with E-state index in [2.05, 4.69) is 21.7 Å². The van der Waals surface area contributed by atoms with Crippen LogP contribution in [0.15, 0.2) is 30.1 Å². The summed E-state index contributed by atoms with van der Waals surface area (Å²) in [6, 6.07) is 4.38. The lowest BCUT2D eigenvalue weighted by atomic mass is 9.78. The minimum Gasteiger partial charge on any atom is -0.460 e. The number of nitrogens with zero attached hydrogens (tertiary/aromatic N) is 2. The van der Waals surface area contributed by atoms with E-state index in [-0.39, 0.29) is 35.0 Å². The number of nitrogens with two attached hydrogens (primary N) is 1. The van der Waals surface area contributed by atoms with E-state index in [1.54, 1.807) is 20.8 Å². The average Bonchev–Trinajstić information content (AvgIpc) is 2.66. The number of rotatable bonds is 6. The first-order valence-corrected chi connectivity index (χ1v) is 9.86. The summed E-state index contributed by atoms with van der Waals surface area (Å²) in [7, 11) is 0. The third-order valence-corrected chi connectivity index (χ3v) is 4.73. The maximum absolute atomic E-state index is 13.2. The number of amidine groups is 1. The van der Waals surface area contributed by atoms with Gasteiger partial charge in [-0.15, -0.1) is 0 Å². The molecule has 1 aromatic rings. The molecule has 0 aliphatic heterocycles. The van der Waals surface area contributed by atoms with Crippen LogP contribution in [0.4, 0.5) is 10.1 Å². The van der Waals surface area contributed by atoms with Crippen molar-refractivity contribution in [3.8, 4) is 6.07 Å². The topological polar surface area (TPSA) is 154 Å². The SMILES string of the molecule is CC(C)(C)OC(=O)[C@H]1CC[C@H](N/C=C(\C(=N)Nc2ccnc(F)c2)C(N)=O)[C@@H](C#N)C1. The van der Waals surface area contributed by atoms with Gasteiger partial charge in [0.05, 0.1) is 23.5 Å². The number of amides is 1. The third kappa shape index (κ3) is 7.06. The van der Waals surface area contributed by atoms with E-state index >= 15 is 0 Å². The van der Waals surface area contributed by atoms with Crippen molar-refractivity contribution in [1.29, 1.82) is 10.7 Å². The zero-order chi connectivity index (χ0) is 23.2. The molecule has 1 saturated carbocycles. The Morgan fingerprint density at radius 3 is 2.71 bits per heavy atom. The summed E-state index contributed by atoms with van der Waals surface area (Å²) in [6.07, 6.45) is 3.85. The van der Waals surface area contributed by atoms with Crippen LogP contribution in [-0.2, 0) is 14.3 Å². The van der Waals surface area contributed by atoms with Crippen molar-refractivity contribution in [2.24, 2.45) is 17.6 Å². The molecule has 1 aromatic heterocycles. The fourth-order valence-electron chi connectivity index (χ4n) is 3.26. The third-order valence-electron chi connectivity index (χ3n) is 4.73. The van der Waals surface area contributed by atoms with Gasteiger partial charge in [0.25, 0.3) is 5.91 Å². The molecule has 1 amide bonds. The van der Waals surface area contributed by atoms with E-state index in [0.717, 1.165) is 6.07 Å². The van der Waals surface area contributed by atoms with Crippen LogP contribution in [-0.4, -0.2) is 34.3 Å². The highest BCUT2D eigenvalue weighted by atomic mass is 19.1. The number of nitriles is 1. The summed E-state index contributed by atoms with van der Waals surface area (Å²) in [5.41, 5.74) is 4.86. The Balaban J connectivity index is 2.05. The van der Waals surface area contributed by atoms with Crippen LogP contribution in [0.25, 0.3) is 0 Å². The van der Waals surface area contributed by atoms with Crippen molar-refractivity contribution in [3.05, 3.63) is 36.1 Å². The molecular weight excluding hydrogens is 403 g/mol. The van der Waals surface area contributed by atoms with Gasteiger partial charge >= 0.3 is 5.97 Å². The van der Waals surface area contributed by atoms with Crippen molar-refractivity contribution in [2.75, 3.05) is 5.32 Å². The molecule has 5 N–H and O–H groups in total. The standard InChI is InChI=1S/C21H27FN6O3/c1-21(2,3)31-20(30)12-4-5-16(13(8-12)10-23)27-11-15(19(25)29)18(24)28-14-6-7-26-17(22)9-14/h6-7,9,11-13,16,27H,4-5,8H2,1-3H3,(H2,25,29)(H2,24,26,28)/b15-11+/t12-,13+,16-/m0/s1. The largest absolute Gasteiger partial charge is 0.460 e. The number of ether oxygens (including phenoxy) is 1. The van der Waals surface area contributed by atoms with E-state index in [9.17, 15) is 19.2 Å². The Labute approximate surface area is 180 Å². The number of nitrogens with one attached hydrogen (secondary N) is 3. The molecule has 3 atom stereocenters. The number of aromatic nitrogens is 1. The fourth-order valence-corrected chi connectivity index (χ4v) is 3.26. The summed E-state index contributed by atoms with van der Waals surface area (Å²) < 4.78 is 18.6. The van der Waals surface area contributed by atoms with Gasteiger partial charge < -0.3 is 21.1 Å². The Kier molecular flexibility index (Phi) is 7.69. The summed E-state index contributed by atoms with van der Waals surface area (Å²) in [5, 5.41) is 23.2. The van der Waals surface area contributed by atoms with Crippen molar-refractivity contribution >= 4 is 23.4 Å². The number of carbonyl (C=O) groups is 2. The van der Waals surface area contributed by atoms with Crippen LogP contribution >= 0.6 is 0 Å². The van der Waals surface area contributed by atoms with Gasteiger partial charge in [-0.2, -0.15) is 9.65 Å². The molecule has 2 rings (SSSR count). The van der Waals surface area contributed by atoms with E-state index < -0.39 is 23.4 Å². The first-order chi connectivity index (χ1) is 14.5. The van der Waals surface area contributed by atoms with Gasteiger partial charge in [0.1, 0.15) is 11.4 Å². The quantitative estimate of drug-likeness (QED) is 0.177. The second-order valence-corrected chi connectivity index (χ2v) is 8.34. The van der Waals surface area contributed by atoms with Crippen molar-refractivity contribution in [3.63, 3.8) is 0 Å². The highest BCUT2D eigenvalue weighted by Gasteiger charge is 2.36. The second kappa shape index (κ2) is 10.0. The van der Waals surface area contributed by atoms with E-state index in [4.69, 9.17) is 15.9 Å². The van der Waals surface area contributed by atoms with Gasteiger partial charge in [0, 0.05) is 30.2 Å². The number of pyridine rings is 1. The van der Waals surface area contributed by atoms with E-state index in [0.29, 0.717) is 19.3 Å². The van der Waals surface area contributed by atoms with Gasteiger partial charge in [0.15, 0.2) is 0 Å². The van der Waals surface area contributed by atoms with E-state index in [1.807, 2.05) is 0 Å². The normalized spacial score (nSPS) is 21.5. The van der Waals surface area contributed by atoms with Crippen LogP contribution in [0.1, 0.15) is 40.0 Å². The number of esters is 1. The number of hydrogen-bond acceptors (Lipinski definition) is 7. The van der Waals surface area contributed by atoms with Gasteiger partial charge in [-0.3, -0.25) is 15.0 Å². The zero-order valence-electron chi connectivity index (χ0n) is 17.7. The van der Waals surface area contributed by atoms with E-state index in [1.165, 1.54) is 18.5 Å². The van der Waals surface area contributed by atoms with Crippen LogP contribution < -0.4 is 16.4 Å². The maximum Gasteiger partial charge on any atom is 0.309 e. The van der Waals surface area contributed by atoms with Gasteiger partial charge in [-0.05, 0) is 46.1 Å². The Morgan fingerprint density at radius 2 is 2.13 bits per heavy atom. The lowest BCUT2D eigenvalue weighted by molar-refractivity contribution is -0.161. The summed E-state index contributed by atoms with van der Waals surface area (Å²) in [6.45, 7) is 5.37. The number of halogens is 1. The van der Waals surface area contributed by atoms with Gasteiger partial charge in [-0.1, -0.05) is 0 Å². The summed E-state index contributed by atoms with van der Waals surface area (Å²) >= 11 is 0. The number of carbonyl (C=O) groups excluding carboxylic acids is 2. The highest BCUT2D eigenvalue weighted by Crippen LogP contribution is 2.31. The average molecular weight is 430 g/mol. The maximum atomic E-state index is 13.2. The Morgan fingerprint density at radius 1 is 1.42 bits per heavy atom. The molecule has 1 heterocycles. The molecule has 10 heteroatoms. The predicted octanol–water partition coefficient (Wildman–Crippen LogP) is 2.22. The first-order valence-electron chi connectivity index (χ1n) is 9.86. The van der Waals surface area contributed by atoms with Crippen molar-refractivity contribution in [1.82, 2.24) is 10.3 Å². The summed E-state index contributed by atoms with van der Waals surface area (Å²) in [5.74, 6) is -3.12. The number of primary amides is 1. The molecule has 0 radical (unpaired) electrons. The molecule has 1 aliphatic rings.